The molecule has 0 bridgehead atoms. The summed E-state index contributed by atoms with van der Waals surface area (Å²) >= 11 is 0. The van der Waals surface area contributed by atoms with E-state index in [2.05, 4.69) is 16.0 Å². The Balaban J connectivity index is 5.37. The number of carboxylic acid groups (broad SMARTS) is 1. The molecule has 29 heavy (non-hydrogen) atoms. The van der Waals surface area contributed by atoms with Crippen molar-refractivity contribution in [3.05, 3.63) is 0 Å². The first-order valence-electron chi connectivity index (χ1n) is 9.12. The summed E-state index contributed by atoms with van der Waals surface area (Å²) < 4.78 is 0. The van der Waals surface area contributed by atoms with Crippen LogP contribution in [-0.2, 0) is 24.0 Å². The van der Waals surface area contributed by atoms with Gasteiger partial charge in [0.1, 0.15) is 18.1 Å². The number of amides is 4. The molecule has 0 saturated heterocycles. The van der Waals surface area contributed by atoms with E-state index in [1.165, 1.54) is 13.8 Å². The van der Waals surface area contributed by atoms with Crippen molar-refractivity contribution in [2.24, 2.45) is 17.4 Å². The molecule has 4 amide bonds. The molecule has 0 aromatic heterocycles. The Hall–Kier alpha value is -2.73. The number of nitrogens with one attached hydrogen (secondary N) is 3. The van der Waals surface area contributed by atoms with Crippen LogP contribution in [0.4, 0.5) is 0 Å². The lowest BCUT2D eigenvalue weighted by Gasteiger charge is -2.26. The van der Waals surface area contributed by atoms with Crippen molar-refractivity contribution in [2.75, 3.05) is 0 Å². The molecule has 0 aromatic carbocycles. The van der Waals surface area contributed by atoms with E-state index in [1.807, 2.05) is 13.8 Å². The quantitative estimate of drug-likeness (QED) is 0.175. The second-order valence-electron chi connectivity index (χ2n) is 7.28. The van der Waals surface area contributed by atoms with Crippen molar-refractivity contribution in [3.63, 3.8) is 0 Å². The van der Waals surface area contributed by atoms with E-state index in [-0.39, 0.29) is 12.3 Å². The minimum Gasteiger partial charge on any atom is -0.480 e. The van der Waals surface area contributed by atoms with Gasteiger partial charge in [-0.15, -0.1) is 0 Å². The topological polar surface area (TPSA) is 214 Å². The molecule has 9 N–H and O–H groups in total. The first-order valence-corrected chi connectivity index (χ1v) is 9.12. The van der Waals surface area contributed by atoms with E-state index in [4.69, 9.17) is 16.6 Å². The fourth-order valence-electron chi connectivity index (χ4n) is 2.33. The molecule has 0 spiro atoms. The average Bonchev–Trinajstić information content (AvgIpc) is 2.56. The van der Waals surface area contributed by atoms with E-state index in [1.54, 1.807) is 0 Å². The second kappa shape index (κ2) is 12.0. The highest BCUT2D eigenvalue weighted by Gasteiger charge is 2.33. The number of hydrogen-bond donors (Lipinski definition) is 7. The Bertz CT molecular complexity index is 621. The Labute approximate surface area is 168 Å². The maximum Gasteiger partial charge on any atom is 0.326 e. The summed E-state index contributed by atoms with van der Waals surface area (Å²) in [5, 5.41) is 25.8. The standard InChI is InChI=1S/C17H31N5O7/c1-7(2)5-10(20-14(25)8(3)18)15(26)22-13(9(4)23)16(27)21-11(17(28)29)6-12(19)24/h7-11,13,23H,5-6,18H2,1-4H3,(H2,19,24)(H,20,25)(H,21,27)(H,22,26)(H,28,29)/t8-,9+,10-,11-,13-/m0/s1. The van der Waals surface area contributed by atoms with Gasteiger partial charge in [-0.3, -0.25) is 19.2 Å². The van der Waals surface area contributed by atoms with E-state index >= 15 is 0 Å². The molecule has 12 heteroatoms. The van der Waals surface area contributed by atoms with Crippen molar-refractivity contribution >= 4 is 29.6 Å². The summed E-state index contributed by atoms with van der Waals surface area (Å²) in [7, 11) is 0. The van der Waals surface area contributed by atoms with Crippen molar-refractivity contribution in [1.82, 2.24) is 16.0 Å². The van der Waals surface area contributed by atoms with Gasteiger partial charge in [0, 0.05) is 0 Å². The van der Waals surface area contributed by atoms with Gasteiger partial charge < -0.3 is 37.6 Å². The molecule has 0 aliphatic rings. The van der Waals surface area contributed by atoms with E-state index in [0.29, 0.717) is 0 Å². The summed E-state index contributed by atoms with van der Waals surface area (Å²) in [4.78, 5) is 59.0. The normalized spacial score (nSPS) is 16.1. The van der Waals surface area contributed by atoms with Gasteiger partial charge in [-0.2, -0.15) is 0 Å². The van der Waals surface area contributed by atoms with Gasteiger partial charge in [0.05, 0.1) is 18.6 Å². The number of carboxylic acids is 1. The number of carbonyl (C=O) groups is 5. The highest BCUT2D eigenvalue weighted by molar-refractivity contribution is 5.95. The minimum absolute atomic E-state index is 0.00455. The van der Waals surface area contributed by atoms with Gasteiger partial charge in [-0.05, 0) is 26.2 Å². The van der Waals surface area contributed by atoms with Gasteiger partial charge in [-0.25, -0.2) is 4.79 Å². The van der Waals surface area contributed by atoms with Gasteiger partial charge in [0.2, 0.25) is 23.6 Å². The number of aliphatic carboxylic acids is 1. The molecule has 166 valence electrons. The van der Waals surface area contributed by atoms with Gasteiger partial charge in [0.25, 0.3) is 0 Å². The summed E-state index contributed by atoms with van der Waals surface area (Å²) in [5.41, 5.74) is 10.5. The number of hydrogen-bond acceptors (Lipinski definition) is 7. The summed E-state index contributed by atoms with van der Waals surface area (Å²) in [6, 6.07) is -5.04. The summed E-state index contributed by atoms with van der Waals surface area (Å²) in [6.45, 7) is 6.29. The number of carbonyl (C=O) groups excluding carboxylic acids is 4. The van der Waals surface area contributed by atoms with Crippen LogP contribution in [0.3, 0.4) is 0 Å². The molecule has 0 unspecified atom stereocenters. The predicted octanol–water partition coefficient (Wildman–Crippen LogP) is -2.83. The average molecular weight is 417 g/mol. The predicted molar refractivity (Wildman–Crippen MR) is 102 cm³/mol. The first-order chi connectivity index (χ1) is 13.3. The zero-order valence-corrected chi connectivity index (χ0v) is 17.0. The number of primary amides is 1. The number of aliphatic hydroxyl groups is 1. The Morgan fingerprint density at radius 3 is 1.76 bits per heavy atom. The van der Waals surface area contributed by atoms with Crippen molar-refractivity contribution in [1.29, 1.82) is 0 Å². The third-order valence-electron chi connectivity index (χ3n) is 3.84. The zero-order chi connectivity index (χ0) is 22.9. The maximum atomic E-state index is 12.6. The van der Waals surface area contributed by atoms with Crippen LogP contribution in [0.15, 0.2) is 0 Å². The Morgan fingerprint density at radius 2 is 1.38 bits per heavy atom. The molecular formula is C17H31N5O7. The third kappa shape index (κ3) is 9.85. The van der Waals surface area contributed by atoms with Crippen LogP contribution < -0.4 is 27.4 Å². The Morgan fingerprint density at radius 1 is 0.862 bits per heavy atom. The number of aliphatic hydroxyl groups excluding tert-OH is 1. The first kappa shape index (κ1) is 26.3. The Kier molecular flexibility index (Phi) is 10.8. The molecule has 0 radical (unpaired) electrons. The van der Waals surface area contributed by atoms with Gasteiger partial charge >= 0.3 is 5.97 Å². The minimum atomic E-state index is -1.62. The second-order valence-corrected chi connectivity index (χ2v) is 7.28. The van der Waals surface area contributed by atoms with Crippen LogP contribution in [0.2, 0.25) is 0 Å². The number of rotatable bonds is 12. The third-order valence-corrected chi connectivity index (χ3v) is 3.84. The molecule has 0 saturated carbocycles. The van der Waals surface area contributed by atoms with E-state index in [9.17, 15) is 29.1 Å². The van der Waals surface area contributed by atoms with Crippen molar-refractivity contribution in [3.8, 4) is 0 Å². The van der Waals surface area contributed by atoms with Crippen LogP contribution in [-0.4, -0.2) is 70.1 Å². The highest BCUT2D eigenvalue weighted by Crippen LogP contribution is 2.07. The van der Waals surface area contributed by atoms with Crippen molar-refractivity contribution in [2.45, 2.75) is 70.8 Å². The van der Waals surface area contributed by atoms with Crippen LogP contribution >= 0.6 is 0 Å². The summed E-state index contributed by atoms with van der Waals surface area (Å²) in [5.74, 6) is -4.80. The van der Waals surface area contributed by atoms with Gasteiger partial charge in [-0.1, -0.05) is 13.8 Å². The van der Waals surface area contributed by atoms with Gasteiger partial charge in [0.15, 0.2) is 0 Å². The van der Waals surface area contributed by atoms with Crippen LogP contribution in [0.5, 0.6) is 0 Å². The number of nitrogens with two attached hydrogens (primary N) is 2. The zero-order valence-electron chi connectivity index (χ0n) is 17.0. The molecule has 0 fully saturated rings. The lowest BCUT2D eigenvalue weighted by Crippen LogP contribution is -2.60. The molecule has 0 aliphatic carbocycles. The maximum absolute atomic E-state index is 12.6. The lowest BCUT2D eigenvalue weighted by molar-refractivity contribution is -0.144. The fourth-order valence-corrected chi connectivity index (χ4v) is 2.33. The lowest BCUT2D eigenvalue weighted by atomic mass is 10.0. The van der Waals surface area contributed by atoms with E-state index in [0.717, 1.165) is 0 Å². The monoisotopic (exact) mass is 417 g/mol. The van der Waals surface area contributed by atoms with Crippen LogP contribution in [0.25, 0.3) is 0 Å². The van der Waals surface area contributed by atoms with Crippen LogP contribution in [0, 0.1) is 5.92 Å². The molecule has 5 atom stereocenters. The smallest absolute Gasteiger partial charge is 0.326 e. The fraction of sp³-hybridized carbons (Fsp3) is 0.706. The van der Waals surface area contributed by atoms with Crippen molar-refractivity contribution < 1.29 is 34.2 Å². The summed E-state index contributed by atoms with van der Waals surface area (Å²) in [6.07, 6.45) is -1.83. The molecule has 12 nitrogen and oxygen atoms in total. The highest BCUT2D eigenvalue weighted by atomic mass is 16.4. The van der Waals surface area contributed by atoms with Crippen LogP contribution in [0.1, 0.15) is 40.5 Å². The SMILES string of the molecule is CC(C)C[C@H](NC(=O)[C@H](C)N)C(=O)N[C@H](C(=O)N[C@@H](CC(N)=O)C(=O)O)[C@@H](C)O. The molecule has 0 heterocycles. The molecule has 0 aromatic rings. The molecular weight excluding hydrogens is 386 g/mol. The molecule has 0 aliphatic heterocycles. The molecule has 0 rings (SSSR count). The largest absolute Gasteiger partial charge is 0.480 e. The van der Waals surface area contributed by atoms with E-state index < -0.39 is 66.3 Å².